The predicted molar refractivity (Wildman–Crippen MR) is 116 cm³/mol. The van der Waals surface area contributed by atoms with Crippen LogP contribution < -0.4 is 9.47 Å². The Kier molecular flexibility index (Phi) is 6.00. The van der Waals surface area contributed by atoms with E-state index in [9.17, 15) is 9.90 Å². The first-order valence-corrected chi connectivity index (χ1v) is 10.8. The van der Waals surface area contributed by atoms with E-state index in [1.807, 2.05) is 53.4 Å². The highest BCUT2D eigenvalue weighted by Gasteiger charge is 2.50. The molecule has 0 spiro atoms. The first kappa shape index (κ1) is 20.7. The van der Waals surface area contributed by atoms with Crippen LogP contribution in [0.3, 0.4) is 0 Å². The predicted octanol–water partition coefficient (Wildman–Crippen LogP) is 4.14. The molecule has 1 heterocycles. The lowest BCUT2D eigenvalue weighted by Crippen LogP contribution is -2.56. The average molecular weight is 410 g/mol. The summed E-state index contributed by atoms with van der Waals surface area (Å²) in [6, 6.07) is 15.4. The van der Waals surface area contributed by atoms with Crippen molar-refractivity contribution < 1.29 is 19.4 Å². The van der Waals surface area contributed by atoms with Gasteiger partial charge in [-0.25, -0.2) is 0 Å². The molecule has 1 amide bonds. The van der Waals surface area contributed by atoms with Gasteiger partial charge in [0.25, 0.3) is 0 Å². The number of hydrogen-bond acceptors (Lipinski definition) is 4. The molecule has 5 nitrogen and oxygen atoms in total. The van der Waals surface area contributed by atoms with Crippen LogP contribution in [0.4, 0.5) is 0 Å². The van der Waals surface area contributed by atoms with Crippen molar-refractivity contribution >= 4 is 5.91 Å². The Morgan fingerprint density at radius 1 is 1.10 bits per heavy atom. The van der Waals surface area contributed by atoms with Crippen LogP contribution in [0.5, 0.6) is 11.5 Å². The number of carbonyl (C=O) groups is 1. The molecule has 0 bridgehead atoms. The second-order valence-corrected chi connectivity index (χ2v) is 8.51. The number of ether oxygens (including phenoxy) is 2. The first-order chi connectivity index (χ1) is 14.6. The summed E-state index contributed by atoms with van der Waals surface area (Å²) in [6.07, 6.45) is 4.81. The minimum absolute atomic E-state index is 0.00187. The van der Waals surface area contributed by atoms with Gasteiger partial charge in [0.05, 0.1) is 32.3 Å². The number of carbonyl (C=O) groups excluding carboxylic acids is 1. The van der Waals surface area contributed by atoms with Gasteiger partial charge in [-0.3, -0.25) is 4.79 Å². The summed E-state index contributed by atoms with van der Waals surface area (Å²) in [5.74, 6) is 1.51. The van der Waals surface area contributed by atoms with Crippen molar-refractivity contribution in [2.45, 2.75) is 50.2 Å². The monoisotopic (exact) mass is 409 g/mol. The summed E-state index contributed by atoms with van der Waals surface area (Å²) in [4.78, 5) is 15.4. The fourth-order valence-electron chi connectivity index (χ4n) is 5.28. The topological polar surface area (TPSA) is 59.0 Å². The third-order valence-electron chi connectivity index (χ3n) is 6.85. The van der Waals surface area contributed by atoms with Crippen LogP contribution in [0.15, 0.2) is 48.5 Å². The molecule has 2 aromatic rings. The number of benzene rings is 2. The van der Waals surface area contributed by atoms with Crippen molar-refractivity contribution in [1.29, 1.82) is 0 Å². The molecule has 4 rings (SSSR count). The normalized spacial score (nSPS) is 26.0. The minimum Gasteiger partial charge on any atom is -0.497 e. The molecule has 5 heteroatoms. The number of likely N-dealkylation sites (tertiary alicyclic amines) is 1. The highest BCUT2D eigenvalue weighted by atomic mass is 16.5. The van der Waals surface area contributed by atoms with E-state index in [2.05, 4.69) is 0 Å². The van der Waals surface area contributed by atoms with E-state index in [-0.39, 0.29) is 17.9 Å². The maximum Gasteiger partial charge on any atom is 0.227 e. The van der Waals surface area contributed by atoms with E-state index in [0.717, 1.165) is 36.8 Å². The molecule has 0 radical (unpaired) electrons. The smallest absolute Gasteiger partial charge is 0.227 e. The molecule has 1 aliphatic heterocycles. The first-order valence-electron chi connectivity index (χ1n) is 10.8. The molecule has 1 N–H and O–H groups in total. The zero-order valence-electron chi connectivity index (χ0n) is 17.8. The number of hydrogen-bond donors (Lipinski definition) is 1. The van der Waals surface area contributed by atoms with E-state index >= 15 is 0 Å². The van der Waals surface area contributed by atoms with Crippen LogP contribution in [0.2, 0.25) is 0 Å². The quantitative estimate of drug-likeness (QED) is 0.806. The van der Waals surface area contributed by atoms with Crippen molar-refractivity contribution in [2.75, 3.05) is 20.8 Å². The molecule has 1 saturated carbocycles. The molecule has 3 atom stereocenters. The molecule has 2 fully saturated rings. The number of aliphatic hydroxyl groups is 1. The minimum atomic E-state index is -0.725. The number of methoxy groups -OCH3 is 2. The lowest BCUT2D eigenvalue weighted by atomic mass is 9.66. The Bertz CT molecular complexity index is 884. The van der Waals surface area contributed by atoms with Gasteiger partial charge in [-0.15, -0.1) is 0 Å². The maximum atomic E-state index is 13.4. The number of nitrogens with zero attached hydrogens (tertiary/aromatic N) is 1. The van der Waals surface area contributed by atoms with E-state index in [1.54, 1.807) is 14.2 Å². The van der Waals surface area contributed by atoms with Crippen LogP contribution in [0.25, 0.3) is 0 Å². The average Bonchev–Trinajstić information content (AvgIpc) is 2.78. The van der Waals surface area contributed by atoms with Gasteiger partial charge in [0.2, 0.25) is 5.91 Å². The Hall–Kier alpha value is -2.53. The third-order valence-corrected chi connectivity index (χ3v) is 6.85. The second kappa shape index (κ2) is 8.68. The summed E-state index contributed by atoms with van der Waals surface area (Å²) in [5.41, 5.74) is 1.23. The highest BCUT2D eigenvalue weighted by molar-refractivity contribution is 5.79. The molecule has 30 heavy (non-hydrogen) atoms. The van der Waals surface area contributed by atoms with Crippen molar-refractivity contribution in [3.8, 4) is 11.5 Å². The summed E-state index contributed by atoms with van der Waals surface area (Å²) in [5, 5.41) is 11.5. The van der Waals surface area contributed by atoms with Crippen LogP contribution in [-0.4, -0.2) is 42.3 Å². The van der Waals surface area contributed by atoms with Crippen LogP contribution in [0.1, 0.15) is 49.3 Å². The van der Waals surface area contributed by atoms with Gasteiger partial charge in [-0.2, -0.15) is 0 Å². The summed E-state index contributed by atoms with van der Waals surface area (Å²) < 4.78 is 11.1. The van der Waals surface area contributed by atoms with E-state index in [4.69, 9.17) is 9.47 Å². The summed E-state index contributed by atoms with van der Waals surface area (Å²) in [7, 11) is 3.27. The fraction of sp³-hybridized carbons (Fsp3) is 0.480. The second-order valence-electron chi connectivity index (χ2n) is 8.51. The van der Waals surface area contributed by atoms with Gasteiger partial charge in [0.15, 0.2) is 0 Å². The molecule has 1 aliphatic carbocycles. The number of rotatable bonds is 5. The Labute approximate surface area is 178 Å². The van der Waals surface area contributed by atoms with Crippen molar-refractivity contribution in [1.82, 2.24) is 4.90 Å². The molecule has 1 saturated heterocycles. The van der Waals surface area contributed by atoms with Gasteiger partial charge in [-0.05, 0) is 37.0 Å². The van der Waals surface area contributed by atoms with Crippen LogP contribution >= 0.6 is 0 Å². The summed E-state index contributed by atoms with van der Waals surface area (Å²) >= 11 is 0. The maximum absolute atomic E-state index is 13.4. The summed E-state index contributed by atoms with van der Waals surface area (Å²) in [6.45, 7) is 0.554. The van der Waals surface area contributed by atoms with Gasteiger partial charge in [0.1, 0.15) is 11.5 Å². The van der Waals surface area contributed by atoms with Crippen molar-refractivity contribution in [3.63, 3.8) is 0 Å². The molecular formula is C25H31NO4. The largest absolute Gasteiger partial charge is 0.497 e. The number of piperidine rings is 1. The molecule has 0 aromatic heterocycles. The fourth-order valence-corrected chi connectivity index (χ4v) is 5.28. The number of fused-ring (bicyclic) bond motifs is 1. The SMILES string of the molecule is COc1ccc([C@H]2C3CCCCC3(O)CCN2C(=O)Cc2ccccc2)c(OC)c1. The number of amides is 1. The zero-order chi connectivity index (χ0) is 21.1. The van der Waals surface area contributed by atoms with Crippen LogP contribution in [0, 0.1) is 5.92 Å². The third kappa shape index (κ3) is 3.91. The van der Waals surface area contributed by atoms with Gasteiger partial charge < -0.3 is 19.5 Å². The van der Waals surface area contributed by atoms with E-state index in [1.165, 1.54) is 0 Å². The van der Waals surface area contributed by atoms with Crippen molar-refractivity contribution in [3.05, 3.63) is 59.7 Å². The van der Waals surface area contributed by atoms with E-state index < -0.39 is 5.60 Å². The van der Waals surface area contributed by atoms with Gasteiger partial charge in [0, 0.05) is 24.1 Å². The molecule has 2 aliphatic rings. The molecular weight excluding hydrogens is 378 g/mol. The molecule has 2 aromatic carbocycles. The molecule has 2 unspecified atom stereocenters. The van der Waals surface area contributed by atoms with Gasteiger partial charge in [-0.1, -0.05) is 43.2 Å². The van der Waals surface area contributed by atoms with Crippen LogP contribution in [-0.2, 0) is 11.2 Å². The highest BCUT2D eigenvalue weighted by Crippen LogP contribution is 2.51. The Morgan fingerprint density at radius 2 is 1.90 bits per heavy atom. The zero-order valence-corrected chi connectivity index (χ0v) is 17.8. The standard InChI is InChI=1S/C25H31NO4/c1-29-19-11-12-20(22(17-19)30-2)24-21-10-6-7-13-25(21,28)14-15-26(24)23(27)16-18-8-4-3-5-9-18/h3-5,8-9,11-12,17,21,24,28H,6-7,10,13-16H2,1-2H3/t21?,24-,25?/m0/s1. The van der Waals surface area contributed by atoms with Gasteiger partial charge >= 0.3 is 0 Å². The Morgan fingerprint density at radius 3 is 2.63 bits per heavy atom. The van der Waals surface area contributed by atoms with E-state index in [0.29, 0.717) is 30.9 Å². The molecule has 160 valence electrons. The lowest BCUT2D eigenvalue weighted by Gasteiger charge is -2.52. The van der Waals surface area contributed by atoms with Crippen molar-refractivity contribution in [2.24, 2.45) is 5.92 Å². The lowest BCUT2D eigenvalue weighted by molar-refractivity contribution is -0.154. The Balaban J connectivity index is 1.73.